The van der Waals surface area contributed by atoms with Gasteiger partial charge in [0.25, 0.3) is 0 Å². The lowest BCUT2D eigenvalue weighted by molar-refractivity contribution is 1.45. The lowest BCUT2D eigenvalue weighted by Gasteiger charge is -1.85. The van der Waals surface area contributed by atoms with Gasteiger partial charge in [0.15, 0.2) is 0 Å². The van der Waals surface area contributed by atoms with Crippen molar-refractivity contribution in [2.24, 2.45) is 0 Å². The van der Waals surface area contributed by atoms with Crippen LogP contribution in [0.15, 0.2) is 24.3 Å². The number of hydrogen-bond acceptors (Lipinski definition) is 2. The van der Waals surface area contributed by atoms with Crippen LogP contribution in [0.1, 0.15) is 6.92 Å². The van der Waals surface area contributed by atoms with Gasteiger partial charge in [-0.05, 0) is 24.3 Å². The molecule has 0 aromatic rings. The Balaban J connectivity index is 2.82. The van der Waals surface area contributed by atoms with E-state index in [9.17, 15) is 0 Å². The van der Waals surface area contributed by atoms with Gasteiger partial charge in [-0.25, -0.2) is 0 Å². The van der Waals surface area contributed by atoms with Crippen LogP contribution in [0, 0.1) is 0 Å². The summed E-state index contributed by atoms with van der Waals surface area (Å²) >= 11 is 1.50. The molecule has 0 atom stereocenters. The maximum absolute atomic E-state index is 3.47. The average Bonchev–Trinajstić information content (AvgIpc) is 1.69. The molecule has 0 amide bonds. The van der Waals surface area contributed by atoms with E-state index < -0.39 is 0 Å². The van der Waals surface area contributed by atoms with Gasteiger partial charge in [-0.1, -0.05) is 12.7 Å². The van der Waals surface area contributed by atoms with Crippen LogP contribution >= 0.6 is 11.9 Å². The number of nitrogens with one attached hydrogen (secondary N) is 1. The second-order valence-corrected chi connectivity index (χ2v) is 1.65. The summed E-state index contributed by atoms with van der Waals surface area (Å²) in [5.74, 6) is 0. The third kappa shape index (κ3) is 5.63. The fraction of sp³-hybridized carbons (Fsp3) is 0.200. The van der Waals surface area contributed by atoms with Crippen LogP contribution in [0.4, 0.5) is 0 Å². The van der Waals surface area contributed by atoms with E-state index in [0.29, 0.717) is 0 Å². The first-order valence-corrected chi connectivity index (χ1v) is 2.93. The molecule has 0 unspecified atom stereocenters. The zero-order valence-electron chi connectivity index (χ0n) is 4.35. The molecule has 0 fully saturated rings. The lowest BCUT2D eigenvalue weighted by Crippen LogP contribution is -1.82. The van der Waals surface area contributed by atoms with Gasteiger partial charge in [0.1, 0.15) is 0 Å². The van der Waals surface area contributed by atoms with Crippen molar-refractivity contribution in [2.75, 3.05) is 0 Å². The molecule has 1 N–H and O–H groups in total. The van der Waals surface area contributed by atoms with Crippen LogP contribution in [0.3, 0.4) is 0 Å². The first-order chi connectivity index (χ1) is 3.41. The van der Waals surface area contributed by atoms with Crippen molar-refractivity contribution in [3.05, 3.63) is 24.3 Å². The Bertz CT molecular complexity index is 68.5. The van der Waals surface area contributed by atoms with Crippen molar-refractivity contribution < 1.29 is 0 Å². The summed E-state index contributed by atoms with van der Waals surface area (Å²) in [6.07, 6.45) is 3.60. The molecular formula is C5H9NS. The second-order valence-electron chi connectivity index (χ2n) is 0.909. The lowest BCUT2D eigenvalue weighted by atomic mass is 10.8. The predicted octanol–water partition coefficient (Wildman–Crippen LogP) is 1.90. The van der Waals surface area contributed by atoms with Gasteiger partial charge in [0, 0.05) is 6.20 Å². The summed E-state index contributed by atoms with van der Waals surface area (Å²) in [5.41, 5.74) is 0. The van der Waals surface area contributed by atoms with Crippen molar-refractivity contribution >= 4 is 11.9 Å². The molecule has 0 aliphatic rings. The van der Waals surface area contributed by atoms with E-state index in [1.165, 1.54) is 11.9 Å². The van der Waals surface area contributed by atoms with E-state index in [0.717, 1.165) is 0 Å². The molecule has 0 aromatic carbocycles. The summed E-state index contributed by atoms with van der Waals surface area (Å²) < 4.78 is 2.84. The maximum Gasteiger partial charge on any atom is 0.000336 e. The Morgan fingerprint density at radius 2 is 2.43 bits per heavy atom. The van der Waals surface area contributed by atoms with Crippen LogP contribution in [0.2, 0.25) is 0 Å². The molecule has 0 saturated heterocycles. The summed E-state index contributed by atoms with van der Waals surface area (Å²) in [4.78, 5) is 0. The van der Waals surface area contributed by atoms with Gasteiger partial charge >= 0.3 is 0 Å². The Morgan fingerprint density at radius 1 is 1.71 bits per heavy atom. The zero-order valence-corrected chi connectivity index (χ0v) is 5.16. The van der Waals surface area contributed by atoms with E-state index >= 15 is 0 Å². The van der Waals surface area contributed by atoms with Crippen molar-refractivity contribution in [1.82, 2.24) is 4.72 Å². The van der Waals surface area contributed by atoms with Gasteiger partial charge in [-0.2, -0.15) is 0 Å². The number of rotatable bonds is 3. The molecule has 0 radical (unpaired) electrons. The van der Waals surface area contributed by atoms with Crippen molar-refractivity contribution in [3.8, 4) is 0 Å². The largest absolute Gasteiger partial charge is 0.334 e. The molecule has 0 spiro atoms. The topological polar surface area (TPSA) is 12.0 Å². The number of allylic oxidation sites excluding steroid dienone is 1. The highest BCUT2D eigenvalue weighted by atomic mass is 32.2. The van der Waals surface area contributed by atoms with E-state index in [1.54, 1.807) is 6.20 Å². The molecule has 0 heterocycles. The Hall–Kier alpha value is -0.370. The predicted molar refractivity (Wildman–Crippen MR) is 35.7 cm³/mol. The molecule has 0 saturated carbocycles. The van der Waals surface area contributed by atoms with Gasteiger partial charge in [0.2, 0.25) is 0 Å². The smallest absolute Gasteiger partial charge is 0.000336 e. The van der Waals surface area contributed by atoms with Crippen LogP contribution in [-0.4, -0.2) is 0 Å². The van der Waals surface area contributed by atoms with Crippen LogP contribution in [-0.2, 0) is 0 Å². The Labute approximate surface area is 48.6 Å². The van der Waals surface area contributed by atoms with Gasteiger partial charge in [-0.3, -0.25) is 0 Å². The van der Waals surface area contributed by atoms with Crippen molar-refractivity contribution in [3.63, 3.8) is 0 Å². The highest BCUT2D eigenvalue weighted by Gasteiger charge is 1.64. The fourth-order valence-corrected chi connectivity index (χ4v) is 0.466. The Kier molecular flexibility index (Phi) is 5.33. The molecule has 0 aromatic heterocycles. The molecule has 2 heteroatoms. The quantitative estimate of drug-likeness (QED) is 0.445. The van der Waals surface area contributed by atoms with Crippen LogP contribution in [0.5, 0.6) is 0 Å². The minimum absolute atomic E-state index is 1.50. The minimum Gasteiger partial charge on any atom is -0.334 e. The van der Waals surface area contributed by atoms with Gasteiger partial charge in [-0.15, -0.1) is 0 Å². The summed E-state index contributed by atoms with van der Waals surface area (Å²) in [7, 11) is 0. The molecule has 0 bridgehead atoms. The van der Waals surface area contributed by atoms with E-state index in [1.807, 2.05) is 18.4 Å². The van der Waals surface area contributed by atoms with E-state index in [2.05, 4.69) is 11.3 Å². The normalized spacial score (nSPS) is 9.29. The molecule has 7 heavy (non-hydrogen) atoms. The maximum atomic E-state index is 3.47. The molecule has 40 valence electrons. The average molecular weight is 115 g/mol. The molecule has 0 aliphatic carbocycles. The molecule has 0 aliphatic heterocycles. The first kappa shape index (κ1) is 6.63. The third-order valence-corrected chi connectivity index (χ3v) is 1.07. The molecule has 0 rings (SSSR count). The summed E-state index contributed by atoms with van der Waals surface area (Å²) in [6, 6.07) is 0. The van der Waals surface area contributed by atoms with Crippen molar-refractivity contribution in [1.29, 1.82) is 0 Å². The monoisotopic (exact) mass is 115 g/mol. The summed E-state index contributed by atoms with van der Waals surface area (Å²) in [5, 5.41) is 1.95. The van der Waals surface area contributed by atoms with E-state index in [4.69, 9.17) is 0 Å². The highest BCUT2D eigenvalue weighted by molar-refractivity contribution is 8.00. The minimum atomic E-state index is 1.50. The number of hydrogen-bond donors (Lipinski definition) is 1. The molecule has 1 nitrogen and oxygen atoms in total. The SMILES string of the molecule is C=CNS/C=C\C. The van der Waals surface area contributed by atoms with Gasteiger partial charge < -0.3 is 4.72 Å². The zero-order chi connectivity index (χ0) is 5.54. The van der Waals surface area contributed by atoms with Crippen LogP contribution < -0.4 is 4.72 Å². The standard InChI is InChI=1S/C5H9NS/c1-3-5-7-6-4-2/h3-6H,2H2,1H3/b5-3-. The fourth-order valence-electron chi connectivity index (χ4n) is 0.155. The second kappa shape index (κ2) is 5.63. The van der Waals surface area contributed by atoms with E-state index in [-0.39, 0.29) is 0 Å². The summed E-state index contributed by atoms with van der Waals surface area (Å²) in [6.45, 7) is 5.44. The first-order valence-electron chi connectivity index (χ1n) is 2.05. The van der Waals surface area contributed by atoms with Crippen molar-refractivity contribution in [2.45, 2.75) is 6.92 Å². The third-order valence-electron chi connectivity index (χ3n) is 0.355. The van der Waals surface area contributed by atoms with Gasteiger partial charge in [0.05, 0.1) is 0 Å². The van der Waals surface area contributed by atoms with Crippen LogP contribution in [0.25, 0.3) is 0 Å². The highest BCUT2D eigenvalue weighted by Crippen LogP contribution is 1.91. The molecular weight excluding hydrogens is 106 g/mol. The Morgan fingerprint density at radius 3 is 2.86 bits per heavy atom.